The van der Waals surface area contributed by atoms with Gasteiger partial charge in [-0.05, 0) is 36.1 Å². The molecular weight excluding hydrogens is 382 g/mol. The summed E-state index contributed by atoms with van der Waals surface area (Å²) in [6, 6.07) is 27.4. The molecule has 0 amide bonds. The summed E-state index contributed by atoms with van der Waals surface area (Å²) >= 11 is 3.40. The van der Waals surface area contributed by atoms with Gasteiger partial charge in [0.25, 0.3) is 0 Å². The number of halogens is 1. The first-order valence-corrected chi connectivity index (χ1v) is 13.2. The van der Waals surface area contributed by atoms with E-state index in [0.717, 1.165) is 0 Å². The first-order valence-electron chi connectivity index (χ1n) is 8.58. The lowest BCUT2D eigenvalue weighted by Crippen LogP contribution is -2.16. The van der Waals surface area contributed by atoms with Crippen molar-refractivity contribution < 1.29 is 0 Å². The molecule has 0 fully saturated rings. The molecule has 0 aliphatic heterocycles. The maximum Gasteiger partial charge on any atom is 0.506 e. The van der Waals surface area contributed by atoms with Crippen LogP contribution in [0.4, 0.5) is 0 Å². The van der Waals surface area contributed by atoms with Gasteiger partial charge in [0.1, 0.15) is 0 Å². The number of benzene rings is 3. The monoisotopic (exact) mass is 405 g/mol. The van der Waals surface area contributed by atoms with Gasteiger partial charge in [0.15, 0.2) is 0 Å². The molecule has 0 aromatic heterocycles. The molecule has 0 spiro atoms. The van der Waals surface area contributed by atoms with Crippen molar-refractivity contribution in [3.63, 3.8) is 0 Å². The van der Waals surface area contributed by atoms with Crippen molar-refractivity contribution in [2.45, 2.75) is 19.8 Å². The molecule has 0 aliphatic carbocycles. The molecule has 25 heavy (non-hydrogen) atoms. The number of rotatable bonds is 4. The van der Waals surface area contributed by atoms with Crippen LogP contribution in [0.2, 0.25) is 0 Å². The first kappa shape index (κ1) is 20.2. The second-order valence-corrected chi connectivity index (χ2v) is 8.89. The molecule has 3 rings (SSSR count). The Hall–Kier alpha value is -1.13. The van der Waals surface area contributed by atoms with Gasteiger partial charge in [-0.1, -0.05) is 78.9 Å². The van der Waals surface area contributed by atoms with E-state index in [4.69, 9.17) is 5.73 Å². The Kier molecular flexibility index (Phi) is 8.69. The van der Waals surface area contributed by atoms with Gasteiger partial charge in [0.2, 0.25) is 0 Å². The van der Waals surface area contributed by atoms with E-state index < -0.39 is 0 Å². The summed E-state index contributed by atoms with van der Waals surface area (Å²) in [7, 11) is 0. The van der Waals surface area contributed by atoms with Gasteiger partial charge >= 0.3 is 18.2 Å². The molecule has 0 heterocycles. The molecule has 126 valence electrons. The molecule has 1 nitrogen and oxygen atoms in total. The average molecular weight is 407 g/mol. The van der Waals surface area contributed by atoms with Gasteiger partial charge in [-0.25, -0.2) is 0 Å². The fraction of sp³-hybridized carbons (Fsp3) is 0.182. The fourth-order valence-electron chi connectivity index (χ4n) is 3.05. The van der Waals surface area contributed by atoms with Crippen LogP contribution in [0.25, 0.3) is 0 Å². The van der Waals surface area contributed by atoms with E-state index in [1.165, 1.54) is 25.9 Å². The molecule has 3 aromatic carbocycles. The van der Waals surface area contributed by atoms with Crippen molar-refractivity contribution in [2.24, 2.45) is 5.73 Å². The Bertz CT molecular complexity index is 739. The molecule has 1 unspecified atom stereocenters. The number of aryl methyl sites for hydroxylation is 2. The average Bonchev–Trinajstić information content (AvgIpc) is 2.67. The van der Waals surface area contributed by atoms with Crippen LogP contribution in [0.3, 0.4) is 0 Å². The van der Waals surface area contributed by atoms with Crippen LogP contribution in [0.5, 0.6) is 0 Å². The van der Waals surface area contributed by atoms with Crippen LogP contribution in [0, 0.1) is 13.8 Å². The minimum Gasteiger partial charge on any atom is -0.330 e. The fourth-order valence-corrected chi connectivity index (χ4v) is 4.62. The van der Waals surface area contributed by atoms with E-state index in [-0.39, 0.29) is 18.2 Å². The summed E-state index contributed by atoms with van der Waals surface area (Å²) in [5.41, 5.74) is 11.3. The summed E-state index contributed by atoms with van der Waals surface area (Å²) in [5.74, 6) is 0.303. The minimum atomic E-state index is -0.0962. The highest BCUT2D eigenvalue weighted by molar-refractivity contribution is 9.23. The summed E-state index contributed by atoms with van der Waals surface area (Å²) < 4.78 is 1.47. The predicted molar refractivity (Wildman–Crippen MR) is 114 cm³/mol. The molecule has 0 radical (unpaired) electrons. The molecule has 0 saturated heterocycles. The first-order chi connectivity index (χ1) is 12.2. The van der Waals surface area contributed by atoms with E-state index in [1.807, 2.05) is 12.1 Å². The zero-order valence-electron chi connectivity index (χ0n) is 15.0. The van der Waals surface area contributed by atoms with Crippen molar-refractivity contribution in [1.29, 1.82) is 0 Å². The van der Waals surface area contributed by atoms with Gasteiger partial charge in [0.05, 0.1) is 0 Å². The van der Waals surface area contributed by atoms with Gasteiger partial charge in [-0.15, -0.1) is 0 Å². The number of nitrogens with two attached hydrogens (primary N) is 1. The van der Waals surface area contributed by atoms with Crippen molar-refractivity contribution in [2.75, 3.05) is 6.54 Å². The summed E-state index contributed by atoms with van der Waals surface area (Å²) in [5, 5.41) is 0. The molecule has 0 aliphatic rings. The van der Waals surface area contributed by atoms with Crippen molar-refractivity contribution in [3.8, 4) is 0 Å². The lowest BCUT2D eigenvalue weighted by Gasteiger charge is -2.20. The molecule has 0 bridgehead atoms. The van der Waals surface area contributed by atoms with E-state index in [0.29, 0.717) is 12.5 Å². The SMILES string of the molecule is Cc1cccc(C)c1C(CN)c1ccccc1.[Br][Mg][c]1ccccc1. The summed E-state index contributed by atoms with van der Waals surface area (Å²) in [6.45, 7) is 4.97. The highest BCUT2D eigenvalue weighted by atomic mass is 79.9. The highest BCUT2D eigenvalue weighted by Crippen LogP contribution is 2.28. The lowest BCUT2D eigenvalue weighted by atomic mass is 9.86. The van der Waals surface area contributed by atoms with Crippen molar-refractivity contribution >= 4 is 34.8 Å². The van der Waals surface area contributed by atoms with Crippen LogP contribution in [0.1, 0.15) is 28.2 Å². The Balaban J connectivity index is 0.000000236. The Morgan fingerprint density at radius 1 is 0.800 bits per heavy atom. The predicted octanol–water partition coefficient (Wildman–Crippen LogP) is 4.72. The van der Waals surface area contributed by atoms with E-state index >= 15 is 0 Å². The third-order valence-corrected chi connectivity index (χ3v) is 7.05. The zero-order chi connectivity index (χ0) is 18.1. The largest absolute Gasteiger partial charge is 0.506 e. The third kappa shape index (κ3) is 5.96. The van der Waals surface area contributed by atoms with Gasteiger partial charge in [-0.3, -0.25) is 12.9 Å². The second-order valence-electron chi connectivity index (χ2n) is 6.12. The molecular formula is C22H24BrMgN. The summed E-state index contributed by atoms with van der Waals surface area (Å²) in [6.07, 6.45) is 0. The van der Waals surface area contributed by atoms with E-state index in [9.17, 15) is 0 Å². The van der Waals surface area contributed by atoms with Crippen LogP contribution in [-0.4, -0.2) is 24.7 Å². The maximum absolute atomic E-state index is 5.97. The Labute approximate surface area is 167 Å². The van der Waals surface area contributed by atoms with Gasteiger partial charge in [-0.2, -0.15) is 3.69 Å². The molecule has 1 atom stereocenters. The summed E-state index contributed by atoms with van der Waals surface area (Å²) in [4.78, 5) is 0. The van der Waals surface area contributed by atoms with Crippen LogP contribution < -0.4 is 9.43 Å². The number of hydrogen-bond donors (Lipinski definition) is 1. The van der Waals surface area contributed by atoms with Crippen LogP contribution >= 0.6 is 12.9 Å². The minimum absolute atomic E-state index is 0.0962. The standard InChI is InChI=1S/C16H19N.C6H5.BrH.Mg/c1-12-7-6-8-13(2)16(12)15(11-17)14-9-4-3-5-10-14;1-2-4-6-5-3-1;;/h3-10,15H,11,17H2,1-2H3;1-5H;1H;/q;;;+1/p-1. The Morgan fingerprint density at radius 2 is 1.32 bits per heavy atom. The smallest absolute Gasteiger partial charge is 0.330 e. The third-order valence-electron chi connectivity index (χ3n) is 4.33. The lowest BCUT2D eigenvalue weighted by molar-refractivity contribution is 0.805. The van der Waals surface area contributed by atoms with E-state index in [1.54, 1.807) is 0 Å². The topological polar surface area (TPSA) is 26.0 Å². The van der Waals surface area contributed by atoms with Gasteiger partial charge in [0, 0.05) is 12.5 Å². The van der Waals surface area contributed by atoms with Gasteiger partial charge < -0.3 is 5.73 Å². The van der Waals surface area contributed by atoms with Crippen LogP contribution in [-0.2, 0) is 0 Å². The molecule has 2 N–H and O–H groups in total. The van der Waals surface area contributed by atoms with E-state index in [2.05, 4.69) is 93.5 Å². The Morgan fingerprint density at radius 3 is 1.76 bits per heavy atom. The van der Waals surface area contributed by atoms with Crippen molar-refractivity contribution in [3.05, 3.63) is 101 Å². The van der Waals surface area contributed by atoms with Crippen molar-refractivity contribution in [1.82, 2.24) is 0 Å². The molecule has 3 aromatic rings. The maximum atomic E-state index is 5.97. The number of hydrogen-bond acceptors (Lipinski definition) is 1. The normalized spacial score (nSPS) is 11.0. The zero-order valence-corrected chi connectivity index (χ0v) is 18.0. The molecule has 3 heteroatoms. The van der Waals surface area contributed by atoms with Crippen LogP contribution in [0.15, 0.2) is 78.9 Å². The quantitative estimate of drug-likeness (QED) is 0.623. The second kappa shape index (κ2) is 10.8. The highest BCUT2D eigenvalue weighted by Gasteiger charge is 2.16. The molecule has 0 saturated carbocycles.